The molecule has 0 saturated heterocycles. The average molecular weight is 621 g/mol. The summed E-state index contributed by atoms with van der Waals surface area (Å²) in [6.07, 6.45) is 0. The molecule has 11 rings (SSSR count). The molecule has 0 spiro atoms. The molecule has 0 aliphatic heterocycles. The zero-order valence-corrected chi connectivity index (χ0v) is 27.5. The highest BCUT2D eigenvalue weighted by molar-refractivity contribution is 6.24. The summed E-state index contributed by atoms with van der Waals surface area (Å²) in [6.45, 7) is 4.72. The van der Waals surface area contributed by atoms with Gasteiger partial charge in [-0.15, -0.1) is 0 Å². The molecule has 0 radical (unpaired) electrons. The van der Waals surface area contributed by atoms with Crippen LogP contribution in [0.5, 0.6) is 0 Å². The van der Waals surface area contributed by atoms with Gasteiger partial charge in [0.05, 0.1) is 0 Å². The van der Waals surface area contributed by atoms with Crippen molar-refractivity contribution in [3.05, 3.63) is 169 Å². The third-order valence-electron chi connectivity index (χ3n) is 11.5. The van der Waals surface area contributed by atoms with Crippen molar-refractivity contribution in [3.8, 4) is 33.4 Å². The van der Waals surface area contributed by atoms with Gasteiger partial charge in [-0.05, 0) is 139 Å². The normalized spacial score (nSPS) is 13.7. The fraction of sp³-hybridized carbons (Fsp3) is 0.0612. The molecule has 0 saturated carbocycles. The van der Waals surface area contributed by atoms with Crippen molar-refractivity contribution >= 4 is 64.6 Å². The van der Waals surface area contributed by atoms with Crippen LogP contribution in [0.3, 0.4) is 0 Å². The summed E-state index contributed by atoms with van der Waals surface area (Å²) < 4.78 is 0. The first-order valence-electron chi connectivity index (χ1n) is 17.3. The van der Waals surface area contributed by atoms with Gasteiger partial charge in [-0.2, -0.15) is 0 Å². The van der Waals surface area contributed by atoms with E-state index in [2.05, 4.69) is 172 Å². The molecule has 1 aliphatic carbocycles. The van der Waals surface area contributed by atoms with Gasteiger partial charge in [-0.3, -0.25) is 0 Å². The Labute approximate surface area is 285 Å². The second kappa shape index (κ2) is 9.56. The van der Waals surface area contributed by atoms with Crippen LogP contribution in [0, 0.1) is 0 Å². The predicted octanol–water partition coefficient (Wildman–Crippen LogP) is 13.7. The van der Waals surface area contributed by atoms with Crippen LogP contribution in [0.25, 0.3) is 98.0 Å². The fourth-order valence-electron chi connectivity index (χ4n) is 9.03. The fourth-order valence-corrected chi connectivity index (χ4v) is 9.03. The molecular formula is C49H32. The average Bonchev–Trinajstić information content (AvgIpc) is 3.38. The molecule has 10 aromatic carbocycles. The standard InChI is InChI=1S/C49H32/c1-49(2)45-9-4-3-8-41(45)42-23-20-35(28-46(42)49)33-14-10-29-18-22-40-39(43(29)26-33)21-19-30-11-15-34(27-44(30)40)38-24-36-16-12-31-6-5-7-32-13-17-37(25-38)48(36)47(31)32/h3-28H,1-2H3. The van der Waals surface area contributed by atoms with Crippen molar-refractivity contribution in [1.29, 1.82) is 0 Å². The summed E-state index contributed by atoms with van der Waals surface area (Å²) in [5.74, 6) is 0. The van der Waals surface area contributed by atoms with E-state index in [1.165, 1.54) is 109 Å². The summed E-state index contributed by atoms with van der Waals surface area (Å²) >= 11 is 0. The summed E-state index contributed by atoms with van der Waals surface area (Å²) in [5.41, 5.74) is 10.6. The minimum absolute atomic E-state index is 0.0160. The molecule has 0 N–H and O–H groups in total. The molecule has 10 aromatic rings. The van der Waals surface area contributed by atoms with Crippen molar-refractivity contribution < 1.29 is 0 Å². The zero-order chi connectivity index (χ0) is 32.4. The summed E-state index contributed by atoms with van der Waals surface area (Å²) in [5, 5.41) is 15.7. The van der Waals surface area contributed by atoms with Crippen molar-refractivity contribution in [2.45, 2.75) is 19.3 Å². The molecule has 0 aromatic heterocycles. The lowest BCUT2D eigenvalue weighted by Gasteiger charge is -2.22. The van der Waals surface area contributed by atoms with Crippen LogP contribution in [0.1, 0.15) is 25.0 Å². The van der Waals surface area contributed by atoms with Gasteiger partial charge in [0.15, 0.2) is 0 Å². The minimum atomic E-state index is -0.0160. The number of fused-ring (bicyclic) bond motifs is 8. The Morgan fingerprint density at radius 2 is 0.796 bits per heavy atom. The van der Waals surface area contributed by atoms with E-state index in [0.29, 0.717) is 0 Å². The molecule has 0 unspecified atom stereocenters. The maximum atomic E-state index is 2.43. The van der Waals surface area contributed by atoms with E-state index in [4.69, 9.17) is 0 Å². The van der Waals surface area contributed by atoms with Crippen molar-refractivity contribution in [2.24, 2.45) is 0 Å². The van der Waals surface area contributed by atoms with E-state index in [0.717, 1.165) is 0 Å². The molecule has 0 heterocycles. The Morgan fingerprint density at radius 1 is 0.306 bits per heavy atom. The van der Waals surface area contributed by atoms with Crippen LogP contribution in [0.2, 0.25) is 0 Å². The van der Waals surface area contributed by atoms with Crippen LogP contribution in [-0.2, 0) is 5.41 Å². The number of hydrogen-bond acceptors (Lipinski definition) is 0. The van der Waals surface area contributed by atoms with Gasteiger partial charge in [-0.25, -0.2) is 0 Å². The molecule has 0 atom stereocenters. The van der Waals surface area contributed by atoms with E-state index < -0.39 is 0 Å². The topological polar surface area (TPSA) is 0 Å². The Hall–Kier alpha value is -5.98. The van der Waals surface area contributed by atoms with E-state index >= 15 is 0 Å². The maximum absolute atomic E-state index is 2.43. The first-order chi connectivity index (χ1) is 24.0. The third kappa shape index (κ3) is 3.75. The lowest BCUT2D eigenvalue weighted by molar-refractivity contribution is 0.660. The first-order valence-corrected chi connectivity index (χ1v) is 17.3. The molecule has 0 fully saturated rings. The van der Waals surface area contributed by atoms with Crippen LogP contribution in [-0.4, -0.2) is 0 Å². The Morgan fingerprint density at radius 3 is 1.47 bits per heavy atom. The van der Waals surface area contributed by atoms with Crippen LogP contribution >= 0.6 is 0 Å². The molecule has 0 nitrogen and oxygen atoms in total. The molecule has 49 heavy (non-hydrogen) atoms. The number of benzene rings is 10. The van der Waals surface area contributed by atoms with Gasteiger partial charge in [0.2, 0.25) is 0 Å². The summed E-state index contributed by atoms with van der Waals surface area (Å²) in [6, 6.07) is 59.6. The van der Waals surface area contributed by atoms with E-state index in [1.807, 2.05) is 0 Å². The largest absolute Gasteiger partial charge is 0.0619 e. The number of rotatable bonds is 2. The molecule has 0 heteroatoms. The molecule has 0 amide bonds. The van der Waals surface area contributed by atoms with Gasteiger partial charge >= 0.3 is 0 Å². The molecule has 0 bridgehead atoms. The summed E-state index contributed by atoms with van der Waals surface area (Å²) in [7, 11) is 0. The molecule has 1 aliphatic rings. The Kier molecular flexibility index (Phi) is 5.27. The van der Waals surface area contributed by atoms with Gasteiger partial charge in [-0.1, -0.05) is 141 Å². The van der Waals surface area contributed by atoms with E-state index in [9.17, 15) is 0 Å². The minimum Gasteiger partial charge on any atom is -0.0619 e. The number of hydrogen-bond donors (Lipinski definition) is 0. The lowest BCUT2D eigenvalue weighted by Crippen LogP contribution is -2.14. The van der Waals surface area contributed by atoms with Gasteiger partial charge < -0.3 is 0 Å². The second-order valence-electron chi connectivity index (χ2n) is 14.5. The van der Waals surface area contributed by atoms with E-state index in [-0.39, 0.29) is 5.41 Å². The summed E-state index contributed by atoms with van der Waals surface area (Å²) in [4.78, 5) is 0. The van der Waals surface area contributed by atoms with Crippen LogP contribution < -0.4 is 0 Å². The smallest absolute Gasteiger partial charge is 0.0159 e. The van der Waals surface area contributed by atoms with Gasteiger partial charge in [0.1, 0.15) is 0 Å². The highest BCUT2D eigenvalue weighted by atomic mass is 14.4. The van der Waals surface area contributed by atoms with Crippen LogP contribution in [0.4, 0.5) is 0 Å². The first kappa shape index (κ1) is 27.0. The molecule has 228 valence electrons. The Bertz CT molecular complexity index is 2950. The van der Waals surface area contributed by atoms with Crippen molar-refractivity contribution in [3.63, 3.8) is 0 Å². The third-order valence-corrected chi connectivity index (χ3v) is 11.5. The Balaban J connectivity index is 1.06. The van der Waals surface area contributed by atoms with Crippen molar-refractivity contribution in [2.75, 3.05) is 0 Å². The zero-order valence-electron chi connectivity index (χ0n) is 27.5. The van der Waals surface area contributed by atoms with E-state index in [1.54, 1.807) is 0 Å². The highest BCUT2D eigenvalue weighted by Gasteiger charge is 2.35. The lowest BCUT2D eigenvalue weighted by atomic mass is 9.81. The maximum Gasteiger partial charge on any atom is 0.0159 e. The quantitative estimate of drug-likeness (QED) is 0.169. The monoisotopic (exact) mass is 620 g/mol. The van der Waals surface area contributed by atoms with Crippen LogP contribution in [0.15, 0.2) is 158 Å². The van der Waals surface area contributed by atoms with Crippen molar-refractivity contribution in [1.82, 2.24) is 0 Å². The van der Waals surface area contributed by atoms with Gasteiger partial charge in [0, 0.05) is 5.41 Å². The highest BCUT2D eigenvalue weighted by Crippen LogP contribution is 2.49. The molecular weight excluding hydrogens is 589 g/mol. The SMILES string of the molecule is CC1(C)c2ccccc2-c2ccc(-c3ccc4ccc5c6cc(-c7cc8ccc9cccc%10ccc(c7)c8c9%10)ccc6ccc5c4c3)cc21. The predicted molar refractivity (Wildman–Crippen MR) is 211 cm³/mol. The van der Waals surface area contributed by atoms with Gasteiger partial charge in [0.25, 0.3) is 0 Å². The second-order valence-corrected chi connectivity index (χ2v) is 14.5.